The third-order valence-electron chi connectivity index (χ3n) is 2.12. The maximum absolute atomic E-state index is 5.67. The van der Waals surface area contributed by atoms with Crippen LogP contribution in [0.4, 0.5) is 11.4 Å². The summed E-state index contributed by atoms with van der Waals surface area (Å²) in [6, 6.07) is 5.63. The van der Waals surface area contributed by atoms with Gasteiger partial charge in [0.15, 0.2) is 5.84 Å². The van der Waals surface area contributed by atoms with Crippen LogP contribution in [0.3, 0.4) is 0 Å². The predicted molar refractivity (Wildman–Crippen MR) is 50.8 cm³/mol. The van der Waals surface area contributed by atoms with Crippen molar-refractivity contribution in [2.45, 2.75) is 0 Å². The highest BCUT2D eigenvalue weighted by molar-refractivity contribution is 6.29. The molecular weight excluding hydrogens is 164 g/mol. The molecule has 0 amide bonds. The number of hydrogen-bond donors (Lipinski definition) is 1. The number of hydrogen-bond acceptors (Lipinski definition) is 4. The predicted octanol–water partition coefficient (Wildman–Crippen LogP) is 2.12. The van der Waals surface area contributed by atoms with Gasteiger partial charge in [0.05, 0.1) is 17.5 Å². The van der Waals surface area contributed by atoms with Gasteiger partial charge in [-0.2, -0.15) is 5.11 Å². The standard InChI is InChI=1S/C9H6N4/c10-5-1-2-8-6(3-5)7-4-11-13-9(7)12-8/h1-4H,10H2. The van der Waals surface area contributed by atoms with E-state index < -0.39 is 0 Å². The first-order valence-corrected chi connectivity index (χ1v) is 3.94. The van der Waals surface area contributed by atoms with Crippen LogP contribution >= 0.6 is 0 Å². The topological polar surface area (TPSA) is 63.1 Å². The molecule has 4 heteroatoms. The van der Waals surface area contributed by atoms with Crippen LogP contribution in [-0.4, -0.2) is 5.84 Å². The SMILES string of the molecule is Nc1ccc2c(c1)C1=CN=NC1=N2. The summed E-state index contributed by atoms with van der Waals surface area (Å²) >= 11 is 0. The average molecular weight is 170 g/mol. The smallest absolute Gasteiger partial charge is 0.184 e. The first-order chi connectivity index (χ1) is 6.34. The summed E-state index contributed by atoms with van der Waals surface area (Å²) in [5.74, 6) is 0.695. The number of rotatable bonds is 0. The lowest BCUT2D eigenvalue weighted by atomic mass is 10.1. The van der Waals surface area contributed by atoms with E-state index in [0.717, 1.165) is 22.5 Å². The molecule has 0 spiro atoms. The average Bonchev–Trinajstić information content (AvgIpc) is 2.64. The van der Waals surface area contributed by atoms with Crippen LogP contribution in [0.25, 0.3) is 5.57 Å². The molecule has 2 aliphatic heterocycles. The van der Waals surface area contributed by atoms with Gasteiger partial charge in [0, 0.05) is 11.3 Å². The Balaban J connectivity index is 2.29. The molecular formula is C9H6N4. The number of aliphatic imine (C=N–C) groups is 1. The summed E-state index contributed by atoms with van der Waals surface area (Å²) in [5.41, 5.74) is 9.34. The van der Waals surface area contributed by atoms with Crippen molar-refractivity contribution in [3.63, 3.8) is 0 Å². The number of anilines is 1. The zero-order chi connectivity index (χ0) is 8.84. The van der Waals surface area contributed by atoms with Crippen LogP contribution < -0.4 is 5.73 Å². The molecule has 13 heavy (non-hydrogen) atoms. The lowest BCUT2D eigenvalue weighted by Gasteiger charge is -1.98. The van der Waals surface area contributed by atoms with Gasteiger partial charge in [-0.05, 0) is 18.2 Å². The Hall–Kier alpha value is -1.97. The minimum absolute atomic E-state index is 0.695. The number of nitrogens with zero attached hydrogens (tertiary/aromatic N) is 3. The van der Waals surface area contributed by atoms with E-state index in [1.807, 2.05) is 18.2 Å². The normalized spacial score (nSPS) is 16.6. The largest absolute Gasteiger partial charge is 0.399 e. The van der Waals surface area contributed by atoms with Crippen LogP contribution in [-0.2, 0) is 0 Å². The van der Waals surface area contributed by atoms with E-state index >= 15 is 0 Å². The van der Waals surface area contributed by atoms with Crippen molar-refractivity contribution in [3.05, 3.63) is 30.0 Å². The van der Waals surface area contributed by atoms with Gasteiger partial charge < -0.3 is 5.73 Å². The Kier molecular flexibility index (Phi) is 1.02. The zero-order valence-corrected chi connectivity index (χ0v) is 6.73. The van der Waals surface area contributed by atoms with Crippen LogP contribution in [0.5, 0.6) is 0 Å². The molecule has 0 aromatic heterocycles. The van der Waals surface area contributed by atoms with Crippen LogP contribution in [0.2, 0.25) is 0 Å². The minimum atomic E-state index is 0.695. The lowest BCUT2D eigenvalue weighted by molar-refractivity contribution is 1.31. The molecule has 0 aliphatic carbocycles. The Morgan fingerprint density at radius 2 is 2.15 bits per heavy atom. The van der Waals surface area contributed by atoms with E-state index in [-0.39, 0.29) is 0 Å². The molecule has 0 saturated carbocycles. The minimum Gasteiger partial charge on any atom is -0.399 e. The summed E-state index contributed by atoms with van der Waals surface area (Å²) in [5, 5.41) is 7.67. The molecule has 0 bridgehead atoms. The summed E-state index contributed by atoms with van der Waals surface area (Å²) in [4.78, 5) is 4.29. The fourth-order valence-electron chi connectivity index (χ4n) is 1.51. The highest BCUT2D eigenvalue weighted by Crippen LogP contribution is 2.38. The van der Waals surface area contributed by atoms with Crippen molar-refractivity contribution in [1.82, 2.24) is 0 Å². The summed E-state index contributed by atoms with van der Waals surface area (Å²) < 4.78 is 0. The van der Waals surface area contributed by atoms with Crippen molar-refractivity contribution >= 4 is 22.8 Å². The molecule has 4 nitrogen and oxygen atoms in total. The summed E-state index contributed by atoms with van der Waals surface area (Å²) in [7, 11) is 0. The van der Waals surface area contributed by atoms with Gasteiger partial charge in [-0.15, -0.1) is 5.11 Å². The van der Waals surface area contributed by atoms with Gasteiger partial charge in [0.1, 0.15) is 0 Å². The number of benzene rings is 1. The molecule has 2 aliphatic rings. The summed E-state index contributed by atoms with van der Waals surface area (Å²) in [6.45, 7) is 0. The van der Waals surface area contributed by atoms with Gasteiger partial charge in [0.2, 0.25) is 0 Å². The first-order valence-electron chi connectivity index (χ1n) is 3.94. The third kappa shape index (κ3) is 0.767. The van der Waals surface area contributed by atoms with E-state index in [4.69, 9.17) is 5.73 Å². The molecule has 62 valence electrons. The molecule has 3 rings (SSSR count). The molecule has 0 saturated heterocycles. The van der Waals surface area contributed by atoms with Gasteiger partial charge in [-0.1, -0.05) is 0 Å². The second-order valence-corrected chi connectivity index (χ2v) is 2.97. The maximum atomic E-state index is 5.67. The van der Waals surface area contributed by atoms with Crippen molar-refractivity contribution in [3.8, 4) is 0 Å². The van der Waals surface area contributed by atoms with Gasteiger partial charge in [-0.3, -0.25) is 0 Å². The van der Waals surface area contributed by atoms with E-state index in [0.29, 0.717) is 5.84 Å². The lowest BCUT2D eigenvalue weighted by Crippen LogP contribution is -1.88. The number of fused-ring (bicyclic) bond motifs is 3. The Labute approximate surface area is 74.5 Å². The number of amidine groups is 1. The number of nitrogen functional groups attached to an aromatic ring is 1. The molecule has 0 fully saturated rings. The van der Waals surface area contributed by atoms with Gasteiger partial charge in [-0.25, -0.2) is 4.99 Å². The van der Waals surface area contributed by atoms with Crippen LogP contribution in [0.15, 0.2) is 39.6 Å². The van der Waals surface area contributed by atoms with E-state index in [9.17, 15) is 0 Å². The van der Waals surface area contributed by atoms with Crippen molar-refractivity contribution in [2.24, 2.45) is 15.2 Å². The highest BCUT2D eigenvalue weighted by atomic mass is 15.2. The second-order valence-electron chi connectivity index (χ2n) is 2.97. The first kappa shape index (κ1) is 6.54. The number of azo groups is 1. The maximum Gasteiger partial charge on any atom is 0.184 e. The van der Waals surface area contributed by atoms with Crippen molar-refractivity contribution < 1.29 is 0 Å². The van der Waals surface area contributed by atoms with Gasteiger partial charge >= 0.3 is 0 Å². The van der Waals surface area contributed by atoms with E-state index in [1.54, 1.807) is 6.20 Å². The Morgan fingerprint density at radius 1 is 1.23 bits per heavy atom. The van der Waals surface area contributed by atoms with Gasteiger partial charge in [0.25, 0.3) is 0 Å². The Morgan fingerprint density at radius 3 is 3.08 bits per heavy atom. The highest BCUT2D eigenvalue weighted by Gasteiger charge is 2.23. The molecule has 2 N–H and O–H groups in total. The second kappa shape index (κ2) is 2.04. The Bertz CT molecular complexity index is 482. The third-order valence-corrected chi connectivity index (χ3v) is 2.12. The van der Waals surface area contributed by atoms with E-state index in [1.165, 1.54) is 0 Å². The quantitative estimate of drug-likeness (QED) is 0.595. The molecule has 0 atom stereocenters. The molecule has 1 aromatic rings. The van der Waals surface area contributed by atoms with E-state index in [2.05, 4.69) is 15.2 Å². The fourth-order valence-corrected chi connectivity index (χ4v) is 1.51. The molecule has 1 aromatic carbocycles. The fraction of sp³-hybridized carbons (Fsp3) is 0. The molecule has 2 heterocycles. The number of nitrogens with two attached hydrogens (primary N) is 1. The summed E-state index contributed by atoms with van der Waals surface area (Å²) in [6.07, 6.45) is 1.71. The van der Waals surface area contributed by atoms with Crippen molar-refractivity contribution in [2.75, 3.05) is 5.73 Å². The monoisotopic (exact) mass is 170 g/mol. The molecule has 0 unspecified atom stereocenters. The zero-order valence-electron chi connectivity index (χ0n) is 6.73. The molecule has 0 radical (unpaired) electrons. The van der Waals surface area contributed by atoms with Crippen LogP contribution in [0, 0.1) is 0 Å². The van der Waals surface area contributed by atoms with Crippen LogP contribution in [0.1, 0.15) is 5.56 Å². The van der Waals surface area contributed by atoms with Crippen molar-refractivity contribution in [1.29, 1.82) is 0 Å².